The van der Waals surface area contributed by atoms with E-state index in [1.54, 1.807) is 12.1 Å². The minimum atomic E-state index is -4.66. The average molecular weight is 482 g/mol. The van der Waals surface area contributed by atoms with Crippen molar-refractivity contribution < 1.29 is 31.5 Å². The van der Waals surface area contributed by atoms with Crippen LogP contribution in [0.3, 0.4) is 0 Å². The normalized spacial score (nSPS) is 14.4. The second-order valence-corrected chi connectivity index (χ2v) is 10.5. The number of carboxylic acid groups (broad SMARTS) is 1. The minimum absolute atomic E-state index is 0.0228. The molecule has 1 aromatic heterocycles. The number of anilines is 1. The van der Waals surface area contributed by atoms with E-state index in [-0.39, 0.29) is 22.1 Å². The number of benzene rings is 2. The summed E-state index contributed by atoms with van der Waals surface area (Å²) < 4.78 is 68.9. The van der Waals surface area contributed by atoms with Gasteiger partial charge in [-0.3, -0.25) is 4.72 Å². The van der Waals surface area contributed by atoms with Crippen LogP contribution in [0.1, 0.15) is 45.1 Å². The van der Waals surface area contributed by atoms with Gasteiger partial charge in [-0.15, -0.1) is 11.3 Å². The van der Waals surface area contributed by atoms with Gasteiger partial charge in [-0.25, -0.2) is 13.2 Å². The first kappa shape index (κ1) is 22.3. The predicted octanol–water partition coefficient (Wildman–Crippen LogP) is 6.12. The number of hydrogen-bond acceptors (Lipinski definition) is 4. The molecular formula is C22H18F3NO4S2. The molecule has 2 aromatic carbocycles. The summed E-state index contributed by atoms with van der Waals surface area (Å²) in [4.78, 5) is 12.7. The van der Waals surface area contributed by atoms with Crippen molar-refractivity contribution in [1.82, 2.24) is 0 Å². The number of rotatable bonds is 6. The highest BCUT2D eigenvalue weighted by Crippen LogP contribution is 2.44. The molecule has 3 aromatic rings. The fourth-order valence-corrected chi connectivity index (χ4v) is 5.73. The van der Waals surface area contributed by atoms with Crippen LogP contribution in [0.15, 0.2) is 53.4 Å². The summed E-state index contributed by atoms with van der Waals surface area (Å²) in [6, 6.07) is 10.3. The number of aryl methyl sites for hydroxylation is 1. The Morgan fingerprint density at radius 3 is 2.38 bits per heavy atom. The van der Waals surface area contributed by atoms with Gasteiger partial charge in [-0.05, 0) is 67.6 Å². The SMILES string of the molecule is Cc1ccc(-c2ccc(C(F)(F)F)cc2NS(=O)(=O)c2cc(C(=O)O)ccc2C2CC2)s1. The summed E-state index contributed by atoms with van der Waals surface area (Å²) in [6.45, 7) is 1.83. The third-order valence-electron chi connectivity index (χ3n) is 5.16. The maximum absolute atomic E-state index is 13.3. The topological polar surface area (TPSA) is 83.5 Å². The molecule has 1 saturated carbocycles. The molecule has 1 aliphatic rings. The number of nitrogens with one attached hydrogen (secondary N) is 1. The van der Waals surface area contributed by atoms with Crippen molar-refractivity contribution in [3.8, 4) is 10.4 Å². The van der Waals surface area contributed by atoms with Gasteiger partial charge in [0.05, 0.1) is 21.7 Å². The van der Waals surface area contributed by atoms with Crippen LogP contribution in [0.5, 0.6) is 0 Å². The lowest BCUT2D eigenvalue weighted by Gasteiger charge is -2.17. The third-order valence-corrected chi connectivity index (χ3v) is 7.62. The molecule has 0 spiro atoms. The van der Waals surface area contributed by atoms with Crippen LogP contribution in [-0.2, 0) is 16.2 Å². The molecule has 4 rings (SSSR count). The summed E-state index contributed by atoms with van der Waals surface area (Å²) in [7, 11) is -4.37. The van der Waals surface area contributed by atoms with Gasteiger partial charge in [0.1, 0.15) is 0 Å². The second kappa shape index (κ2) is 7.93. The Morgan fingerprint density at radius 2 is 1.81 bits per heavy atom. The molecule has 0 unspecified atom stereocenters. The first-order valence-electron chi connectivity index (χ1n) is 9.64. The van der Waals surface area contributed by atoms with E-state index in [1.807, 2.05) is 6.92 Å². The summed E-state index contributed by atoms with van der Waals surface area (Å²) in [5.41, 5.74) is -0.656. The number of hydrogen-bond donors (Lipinski definition) is 2. The molecule has 168 valence electrons. The number of halogens is 3. The molecular weight excluding hydrogens is 463 g/mol. The van der Waals surface area contributed by atoms with E-state index < -0.39 is 27.7 Å². The molecule has 0 amide bonds. The molecule has 1 aliphatic carbocycles. The summed E-state index contributed by atoms with van der Waals surface area (Å²) in [5.74, 6) is -1.32. The van der Waals surface area contributed by atoms with Crippen LogP contribution in [0.2, 0.25) is 0 Å². The van der Waals surface area contributed by atoms with Crippen LogP contribution in [0, 0.1) is 6.92 Å². The molecule has 1 heterocycles. The molecule has 0 saturated heterocycles. The zero-order valence-corrected chi connectivity index (χ0v) is 18.4. The smallest absolute Gasteiger partial charge is 0.416 e. The predicted molar refractivity (Wildman–Crippen MR) is 116 cm³/mol. The van der Waals surface area contributed by atoms with Crippen LogP contribution >= 0.6 is 11.3 Å². The minimum Gasteiger partial charge on any atom is -0.478 e. The summed E-state index contributed by atoms with van der Waals surface area (Å²) >= 11 is 1.32. The Hall–Kier alpha value is -2.85. The van der Waals surface area contributed by atoms with Crippen molar-refractivity contribution in [1.29, 1.82) is 0 Å². The number of thiophene rings is 1. The number of aromatic carboxylic acids is 1. The zero-order valence-electron chi connectivity index (χ0n) is 16.7. The highest BCUT2D eigenvalue weighted by molar-refractivity contribution is 7.92. The lowest BCUT2D eigenvalue weighted by atomic mass is 10.1. The first-order valence-corrected chi connectivity index (χ1v) is 11.9. The van der Waals surface area contributed by atoms with Crippen LogP contribution in [-0.4, -0.2) is 19.5 Å². The van der Waals surface area contributed by atoms with Gasteiger partial charge >= 0.3 is 12.1 Å². The molecule has 1 fully saturated rings. The Morgan fingerprint density at radius 1 is 1.09 bits per heavy atom. The largest absolute Gasteiger partial charge is 0.478 e. The van der Waals surface area contributed by atoms with Gasteiger partial charge in [0.25, 0.3) is 10.0 Å². The molecule has 0 aliphatic heterocycles. The van der Waals surface area contributed by atoms with E-state index in [0.717, 1.165) is 35.9 Å². The van der Waals surface area contributed by atoms with E-state index >= 15 is 0 Å². The van der Waals surface area contributed by atoms with Gasteiger partial charge in [0, 0.05) is 15.3 Å². The van der Waals surface area contributed by atoms with E-state index in [1.165, 1.54) is 29.5 Å². The molecule has 5 nitrogen and oxygen atoms in total. The fraction of sp³-hybridized carbons (Fsp3) is 0.227. The highest BCUT2D eigenvalue weighted by atomic mass is 32.2. The lowest BCUT2D eigenvalue weighted by molar-refractivity contribution is -0.137. The van der Waals surface area contributed by atoms with Gasteiger partial charge in [0.15, 0.2) is 0 Å². The van der Waals surface area contributed by atoms with E-state index in [9.17, 15) is 31.5 Å². The van der Waals surface area contributed by atoms with Gasteiger partial charge < -0.3 is 5.11 Å². The fourth-order valence-electron chi connectivity index (χ4n) is 3.43. The summed E-state index contributed by atoms with van der Waals surface area (Å²) in [5, 5.41) is 9.29. The third kappa shape index (κ3) is 4.51. The molecule has 2 N–H and O–H groups in total. The summed E-state index contributed by atoms with van der Waals surface area (Å²) in [6.07, 6.45) is -3.14. The lowest BCUT2D eigenvalue weighted by Crippen LogP contribution is -2.17. The molecule has 32 heavy (non-hydrogen) atoms. The van der Waals surface area contributed by atoms with Gasteiger partial charge in [-0.2, -0.15) is 13.2 Å². The Labute approximate surface area is 186 Å². The Balaban J connectivity index is 1.84. The van der Waals surface area contributed by atoms with Crippen molar-refractivity contribution in [2.24, 2.45) is 0 Å². The van der Waals surface area contributed by atoms with E-state index in [2.05, 4.69) is 4.72 Å². The number of sulfonamides is 1. The van der Waals surface area contributed by atoms with Crippen molar-refractivity contribution in [2.45, 2.75) is 36.8 Å². The number of carbonyl (C=O) groups is 1. The van der Waals surface area contributed by atoms with Gasteiger partial charge in [-0.1, -0.05) is 12.1 Å². The van der Waals surface area contributed by atoms with Gasteiger partial charge in [0.2, 0.25) is 0 Å². The van der Waals surface area contributed by atoms with Crippen LogP contribution < -0.4 is 4.72 Å². The van der Waals surface area contributed by atoms with Crippen LogP contribution in [0.4, 0.5) is 18.9 Å². The molecule has 0 radical (unpaired) electrons. The molecule has 0 bridgehead atoms. The van der Waals surface area contributed by atoms with E-state index in [4.69, 9.17) is 0 Å². The van der Waals surface area contributed by atoms with Crippen molar-refractivity contribution in [3.63, 3.8) is 0 Å². The standard InChI is InChI=1S/C22H18F3NO4S2/c1-12-2-9-19(31-12)17-8-6-15(22(23,24)25)11-18(17)26-32(29,30)20-10-14(21(27)28)5-7-16(20)13-3-4-13/h2,5-11,13,26H,3-4H2,1H3,(H,27,28). The van der Waals surface area contributed by atoms with Crippen molar-refractivity contribution in [3.05, 3.63) is 70.1 Å². The zero-order chi connectivity index (χ0) is 23.3. The van der Waals surface area contributed by atoms with Crippen LogP contribution in [0.25, 0.3) is 10.4 Å². The van der Waals surface area contributed by atoms with E-state index in [0.29, 0.717) is 16.0 Å². The number of carboxylic acids is 1. The maximum atomic E-state index is 13.3. The monoisotopic (exact) mass is 481 g/mol. The maximum Gasteiger partial charge on any atom is 0.416 e. The van der Waals surface area contributed by atoms with Crippen molar-refractivity contribution in [2.75, 3.05) is 4.72 Å². The Bertz CT molecular complexity index is 1310. The van der Waals surface area contributed by atoms with Crippen molar-refractivity contribution >= 4 is 33.0 Å². The quantitative estimate of drug-likeness (QED) is 0.444. The number of alkyl halides is 3. The average Bonchev–Trinajstić information content (AvgIpc) is 3.47. The first-order chi connectivity index (χ1) is 15.0. The Kier molecular flexibility index (Phi) is 5.54. The second-order valence-electron chi connectivity index (χ2n) is 7.61. The molecule has 10 heteroatoms. The highest BCUT2D eigenvalue weighted by Gasteiger charge is 2.34. The molecule has 0 atom stereocenters.